The maximum Gasteiger partial charge on any atom is 0.0175 e. The Balaban J connectivity index is 1.78. The van der Waals surface area contributed by atoms with Crippen molar-refractivity contribution in [3.8, 4) is 0 Å². The molecular weight excluding hydrogens is 272 g/mol. The van der Waals surface area contributed by atoms with E-state index in [1.54, 1.807) is 0 Å². The SMILES string of the molecule is Cc1ccc([C@@H]2C[C@H]2c2ccc(Br)cc2)cc1. The van der Waals surface area contributed by atoms with Crippen LogP contribution in [0.3, 0.4) is 0 Å². The molecule has 0 aliphatic heterocycles. The van der Waals surface area contributed by atoms with Gasteiger partial charge in [0.2, 0.25) is 0 Å². The lowest BCUT2D eigenvalue weighted by Gasteiger charge is -2.02. The van der Waals surface area contributed by atoms with Crippen molar-refractivity contribution < 1.29 is 0 Å². The topological polar surface area (TPSA) is 0 Å². The highest BCUT2D eigenvalue weighted by atomic mass is 79.9. The van der Waals surface area contributed by atoms with Gasteiger partial charge in [0, 0.05) is 4.47 Å². The third-order valence-electron chi connectivity index (χ3n) is 3.59. The van der Waals surface area contributed by atoms with E-state index in [1.807, 2.05) is 0 Å². The average molecular weight is 287 g/mol. The zero-order valence-electron chi connectivity index (χ0n) is 9.86. The van der Waals surface area contributed by atoms with Gasteiger partial charge in [0.15, 0.2) is 0 Å². The highest BCUT2D eigenvalue weighted by molar-refractivity contribution is 9.10. The summed E-state index contributed by atoms with van der Waals surface area (Å²) < 4.78 is 1.16. The van der Waals surface area contributed by atoms with Crippen LogP contribution in [0.25, 0.3) is 0 Å². The van der Waals surface area contributed by atoms with Gasteiger partial charge in [-0.1, -0.05) is 57.9 Å². The standard InChI is InChI=1S/C16H15Br/c1-11-2-4-12(5-3-11)15-10-16(15)13-6-8-14(17)9-7-13/h2-9,15-16H,10H2,1H3/t15-,16-/m0/s1. The summed E-state index contributed by atoms with van der Waals surface area (Å²) in [4.78, 5) is 0. The lowest BCUT2D eigenvalue weighted by atomic mass is 10.0. The molecule has 0 heterocycles. The van der Waals surface area contributed by atoms with Gasteiger partial charge in [0.1, 0.15) is 0 Å². The number of halogens is 1. The molecule has 1 fully saturated rings. The average Bonchev–Trinajstić information content (AvgIpc) is 3.11. The molecular formula is C16H15Br. The molecule has 3 rings (SSSR count). The lowest BCUT2D eigenvalue weighted by Crippen LogP contribution is -1.84. The van der Waals surface area contributed by atoms with Crippen LogP contribution in [0, 0.1) is 6.92 Å². The minimum atomic E-state index is 0.728. The molecule has 2 aromatic carbocycles. The van der Waals surface area contributed by atoms with Gasteiger partial charge in [0.25, 0.3) is 0 Å². The molecule has 1 heteroatoms. The maximum atomic E-state index is 3.48. The van der Waals surface area contributed by atoms with Crippen LogP contribution in [0.15, 0.2) is 53.0 Å². The summed E-state index contributed by atoms with van der Waals surface area (Å²) in [5.41, 5.74) is 4.30. The highest BCUT2D eigenvalue weighted by Gasteiger charge is 2.39. The smallest absolute Gasteiger partial charge is 0.0175 e. The van der Waals surface area contributed by atoms with E-state index < -0.39 is 0 Å². The summed E-state index contributed by atoms with van der Waals surface area (Å²) in [6, 6.07) is 17.7. The van der Waals surface area contributed by atoms with Crippen LogP contribution < -0.4 is 0 Å². The first kappa shape index (κ1) is 11.0. The van der Waals surface area contributed by atoms with Crippen molar-refractivity contribution in [2.45, 2.75) is 25.2 Å². The Hall–Kier alpha value is -1.08. The van der Waals surface area contributed by atoms with Crippen molar-refractivity contribution in [1.82, 2.24) is 0 Å². The van der Waals surface area contributed by atoms with Gasteiger partial charge in [-0.05, 0) is 48.4 Å². The first-order valence-electron chi connectivity index (χ1n) is 6.06. The third-order valence-corrected chi connectivity index (χ3v) is 4.12. The van der Waals surface area contributed by atoms with Crippen LogP contribution in [0.1, 0.15) is 34.9 Å². The second-order valence-corrected chi connectivity index (χ2v) is 5.83. The molecule has 86 valence electrons. The molecule has 2 aromatic rings. The quantitative estimate of drug-likeness (QED) is 0.726. The third kappa shape index (κ3) is 2.30. The molecule has 1 aliphatic carbocycles. The van der Waals surface area contributed by atoms with Gasteiger partial charge >= 0.3 is 0 Å². The van der Waals surface area contributed by atoms with Crippen LogP contribution >= 0.6 is 15.9 Å². The molecule has 0 bridgehead atoms. The Morgan fingerprint density at radius 2 is 1.29 bits per heavy atom. The molecule has 0 aromatic heterocycles. The monoisotopic (exact) mass is 286 g/mol. The van der Waals surface area contributed by atoms with Gasteiger partial charge in [-0.15, -0.1) is 0 Å². The van der Waals surface area contributed by atoms with E-state index in [0.29, 0.717) is 0 Å². The van der Waals surface area contributed by atoms with Crippen LogP contribution in [0.2, 0.25) is 0 Å². The molecule has 0 unspecified atom stereocenters. The molecule has 0 spiro atoms. The van der Waals surface area contributed by atoms with Crippen LogP contribution in [-0.2, 0) is 0 Å². The van der Waals surface area contributed by atoms with Gasteiger partial charge in [-0.2, -0.15) is 0 Å². The fourth-order valence-corrected chi connectivity index (χ4v) is 2.72. The summed E-state index contributed by atoms with van der Waals surface area (Å²) in [6.45, 7) is 2.14. The van der Waals surface area contributed by atoms with Crippen LogP contribution in [0.5, 0.6) is 0 Å². The van der Waals surface area contributed by atoms with E-state index in [1.165, 1.54) is 23.1 Å². The molecule has 0 saturated heterocycles. The summed E-state index contributed by atoms with van der Waals surface area (Å²) in [6.07, 6.45) is 1.30. The Labute approximate surface area is 111 Å². The minimum Gasteiger partial charge on any atom is -0.0590 e. The van der Waals surface area contributed by atoms with E-state index in [2.05, 4.69) is 71.4 Å². The number of benzene rings is 2. The molecule has 0 radical (unpaired) electrons. The van der Waals surface area contributed by atoms with Gasteiger partial charge in [0.05, 0.1) is 0 Å². The summed E-state index contributed by atoms with van der Waals surface area (Å²) in [5.74, 6) is 1.46. The Kier molecular flexibility index (Phi) is 2.79. The normalized spacial score (nSPS) is 22.5. The largest absolute Gasteiger partial charge is 0.0590 e. The molecule has 0 amide bonds. The number of aryl methyl sites for hydroxylation is 1. The van der Waals surface area contributed by atoms with E-state index in [9.17, 15) is 0 Å². The fraction of sp³-hybridized carbons (Fsp3) is 0.250. The minimum absolute atomic E-state index is 0.728. The summed E-state index contributed by atoms with van der Waals surface area (Å²) in [5, 5.41) is 0. The molecule has 1 aliphatic rings. The summed E-state index contributed by atoms with van der Waals surface area (Å²) in [7, 11) is 0. The first-order valence-corrected chi connectivity index (χ1v) is 6.85. The van der Waals surface area contributed by atoms with E-state index in [0.717, 1.165) is 16.3 Å². The maximum absolute atomic E-state index is 3.48. The van der Waals surface area contributed by atoms with Crippen molar-refractivity contribution in [3.63, 3.8) is 0 Å². The van der Waals surface area contributed by atoms with Crippen LogP contribution in [0.4, 0.5) is 0 Å². The van der Waals surface area contributed by atoms with E-state index in [-0.39, 0.29) is 0 Å². The van der Waals surface area contributed by atoms with Crippen molar-refractivity contribution in [1.29, 1.82) is 0 Å². The summed E-state index contributed by atoms with van der Waals surface area (Å²) >= 11 is 3.48. The van der Waals surface area contributed by atoms with Gasteiger partial charge in [-0.25, -0.2) is 0 Å². The van der Waals surface area contributed by atoms with Crippen LogP contribution in [-0.4, -0.2) is 0 Å². The van der Waals surface area contributed by atoms with Crippen molar-refractivity contribution in [2.24, 2.45) is 0 Å². The molecule has 17 heavy (non-hydrogen) atoms. The van der Waals surface area contributed by atoms with Crippen molar-refractivity contribution in [2.75, 3.05) is 0 Å². The first-order chi connectivity index (χ1) is 8.24. The Morgan fingerprint density at radius 1 is 0.824 bits per heavy atom. The Bertz CT molecular complexity index is 461. The van der Waals surface area contributed by atoms with E-state index >= 15 is 0 Å². The fourth-order valence-electron chi connectivity index (χ4n) is 2.46. The second kappa shape index (κ2) is 4.30. The van der Waals surface area contributed by atoms with Gasteiger partial charge < -0.3 is 0 Å². The number of rotatable bonds is 2. The molecule has 0 N–H and O–H groups in total. The van der Waals surface area contributed by atoms with E-state index in [4.69, 9.17) is 0 Å². The zero-order chi connectivity index (χ0) is 11.8. The molecule has 1 saturated carbocycles. The Morgan fingerprint density at radius 3 is 1.82 bits per heavy atom. The predicted octanol–water partition coefficient (Wildman–Crippen LogP) is 5.03. The number of hydrogen-bond acceptors (Lipinski definition) is 0. The second-order valence-electron chi connectivity index (χ2n) is 4.91. The van der Waals surface area contributed by atoms with Gasteiger partial charge in [-0.3, -0.25) is 0 Å². The number of hydrogen-bond donors (Lipinski definition) is 0. The van der Waals surface area contributed by atoms with Crippen molar-refractivity contribution in [3.05, 3.63) is 69.7 Å². The zero-order valence-corrected chi connectivity index (χ0v) is 11.4. The lowest BCUT2D eigenvalue weighted by molar-refractivity contribution is 1.02. The van der Waals surface area contributed by atoms with Crippen molar-refractivity contribution >= 4 is 15.9 Å². The predicted molar refractivity (Wildman–Crippen MR) is 75.4 cm³/mol. The highest BCUT2D eigenvalue weighted by Crippen LogP contribution is 2.54. The molecule has 0 nitrogen and oxygen atoms in total. The molecule has 2 atom stereocenters.